The van der Waals surface area contributed by atoms with Gasteiger partial charge in [0.05, 0.1) is 16.0 Å². The molecule has 2 N–H and O–H groups in total. The number of non-ortho nitro benzene ring substituents is 1. The lowest BCUT2D eigenvalue weighted by molar-refractivity contribution is -0.384. The van der Waals surface area contributed by atoms with Crippen molar-refractivity contribution < 1.29 is 17.7 Å². The number of nitro groups is 1. The van der Waals surface area contributed by atoms with Crippen LogP contribution in [0.2, 0.25) is 0 Å². The summed E-state index contributed by atoms with van der Waals surface area (Å²) in [4.78, 5) is 18.1. The second-order valence-corrected chi connectivity index (χ2v) is 6.29. The summed E-state index contributed by atoms with van der Waals surface area (Å²) >= 11 is 0. The molecular weight excluding hydrogens is 377 g/mol. The smallest absolute Gasteiger partial charge is 0.271 e. The minimum absolute atomic E-state index is 0.0163. The highest BCUT2D eigenvalue weighted by Crippen LogP contribution is 2.23. The fourth-order valence-corrected chi connectivity index (χ4v) is 2.63. The van der Waals surface area contributed by atoms with Crippen molar-refractivity contribution in [3.63, 3.8) is 0 Å². The van der Waals surface area contributed by atoms with Crippen LogP contribution in [0.25, 0.3) is 0 Å². The van der Waals surface area contributed by atoms with Crippen LogP contribution in [0.4, 0.5) is 33.2 Å². The molecule has 0 aliphatic heterocycles. The Kier molecular flexibility index (Phi) is 5.22. The van der Waals surface area contributed by atoms with E-state index in [1.807, 2.05) is 0 Å². The number of hydrogen-bond acceptors (Lipinski definition) is 8. The van der Waals surface area contributed by atoms with E-state index in [9.17, 15) is 22.9 Å². The minimum atomic E-state index is -2.75. The van der Waals surface area contributed by atoms with Gasteiger partial charge in [-0.05, 0) is 24.3 Å². The van der Waals surface area contributed by atoms with Gasteiger partial charge < -0.3 is 10.6 Å². The zero-order valence-electron chi connectivity index (χ0n) is 13.5. The fourth-order valence-electron chi connectivity index (χ4n) is 2.18. The first-order chi connectivity index (χ1) is 12.9. The average Bonchev–Trinajstić information content (AvgIpc) is 2.65. The van der Waals surface area contributed by atoms with Crippen LogP contribution in [-0.4, -0.2) is 23.3 Å². The van der Waals surface area contributed by atoms with E-state index in [4.69, 9.17) is 0 Å². The van der Waals surface area contributed by atoms with Gasteiger partial charge in [-0.25, -0.2) is 17.8 Å². The zero-order valence-corrected chi connectivity index (χ0v) is 14.4. The van der Waals surface area contributed by atoms with E-state index in [0.29, 0.717) is 5.69 Å². The predicted molar refractivity (Wildman–Crippen MR) is 96.7 cm³/mol. The second-order valence-electron chi connectivity index (χ2n) is 5.26. The van der Waals surface area contributed by atoms with E-state index in [1.54, 1.807) is 6.07 Å². The summed E-state index contributed by atoms with van der Waals surface area (Å²) in [6.45, 7) is 0. The molecule has 0 atom stereocenters. The molecule has 1 aromatic heterocycles. The number of thiol groups is 1. The largest absolute Gasteiger partial charge is 0.337 e. The molecule has 1 heterocycles. The molecule has 3 rings (SSSR count). The van der Waals surface area contributed by atoms with Crippen LogP contribution in [-0.2, 0) is 10.7 Å². The van der Waals surface area contributed by atoms with Gasteiger partial charge in [0.25, 0.3) is 5.69 Å². The summed E-state index contributed by atoms with van der Waals surface area (Å²) in [6.07, 6.45) is 0.924. The van der Waals surface area contributed by atoms with Gasteiger partial charge in [0.2, 0.25) is 5.95 Å². The molecule has 0 aliphatic rings. The molecule has 138 valence electrons. The van der Waals surface area contributed by atoms with Crippen molar-refractivity contribution in [1.82, 2.24) is 9.97 Å². The Bertz CT molecular complexity index is 1080. The molecule has 0 unspecified atom stereocenters. The molecule has 0 radical (unpaired) electrons. The maximum Gasteiger partial charge on any atom is 0.271 e. The quantitative estimate of drug-likeness (QED) is 0.334. The predicted octanol–water partition coefficient (Wildman–Crippen LogP) is 2.98. The Morgan fingerprint density at radius 3 is 2.44 bits per heavy atom. The summed E-state index contributed by atoms with van der Waals surface area (Å²) in [7, 11) is -2.75. The summed E-state index contributed by atoms with van der Waals surface area (Å²) < 4.78 is 36.1. The van der Waals surface area contributed by atoms with E-state index in [0.717, 1.165) is 6.20 Å². The first-order valence-corrected chi connectivity index (χ1v) is 8.65. The standard InChI is InChI=1S/C16H12FN5O4S/c17-14-9-18-16(20-11-4-2-6-13(8-11)27(25)26)21-15(14)19-10-3-1-5-12(7-10)22(23)24/h1-9,27H,(H2,18,19,20,21). The Morgan fingerprint density at radius 2 is 1.74 bits per heavy atom. The average molecular weight is 389 g/mol. The summed E-state index contributed by atoms with van der Waals surface area (Å²) in [5.74, 6) is -0.940. The van der Waals surface area contributed by atoms with Crippen molar-refractivity contribution in [3.05, 3.63) is 70.7 Å². The van der Waals surface area contributed by atoms with Gasteiger partial charge in [-0.3, -0.25) is 10.1 Å². The summed E-state index contributed by atoms with van der Waals surface area (Å²) in [6, 6.07) is 11.5. The first-order valence-electron chi connectivity index (χ1n) is 7.48. The Morgan fingerprint density at radius 1 is 1.04 bits per heavy atom. The molecule has 9 nitrogen and oxygen atoms in total. The monoisotopic (exact) mass is 389 g/mol. The molecule has 0 aliphatic carbocycles. The Labute approximate surface area is 154 Å². The van der Waals surface area contributed by atoms with E-state index in [1.165, 1.54) is 42.5 Å². The van der Waals surface area contributed by atoms with Gasteiger partial charge in [0, 0.05) is 23.5 Å². The van der Waals surface area contributed by atoms with E-state index in [2.05, 4.69) is 20.6 Å². The number of nitro benzene ring substituents is 1. The van der Waals surface area contributed by atoms with Crippen molar-refractivity contribution in [2.45, 2.75) is 4.90 Å². The lowest BCUT2D eigenvalue weighted by Gasteiger charge is -2.09. The number of anilines is 4. The van der Waals surface area contributed by atoms with Crippen molar-refractivity contribution in [2.24, 2.45) is 0 Å². The number of rotatable bonds is 6. The van der Waals surface area contributed by atoms with E-state index in [-0.39, 0.29) is 28.0 Å². The number of hydrogen-bond donors (Lipinski definition) is 3. The molecule has 27 heavy (non-hydrogen) atoms. The third-order valence-corrected chi connectivity index (χ3v) is 4.08. The van der Waals surface area contributed by atoms with Crippen LogP contribution >= 0.6 is 0 Å². The minimum Gasteiger partial charge on any atom is -0.337 e. The Hall–Kier alpha value is -3.60. The third-order valence-electron chi connectivity index (χ3n) is 3.38. The molecule has 0 spiro atoms. The van der Waals surface area contributed by atoms with Gasteiger partial charge in [-0.15, -0.1) is 0 Å². The molecule has 2 aromatic carbocycles. The first kappa shape index (κ1) is 18.2. The van der Waals surface area contributed by atoms with Gasteiger partial charge in [-0.2, -0.15) is 4.98 Å². The highest BCUT2D eigenvalue weighted by atomic mass is 32.2. The highest BCUT2D eigenvalue weighted by molar-refractivity contribution is 7.72. The maximum atomic E-state index is 14.0. The zero-order chi connectivity index (χ0) is 19.4. The molecule has 3 aromatic rings. The van der Waals surface area contributed by atoms with E-state index >= 15 is 0 Å². The van der Waals surface area contributed by atoms with Crippen LogP contribution in [0, 0.1) is 15.9 Å². The van der Waals surface area contributed by atoms with Gasteiger partial charge in [0.15, 0.2) is 22.3 Å². The summed E-state index contributed by atoms with van der Waals surface area (Å²) in [5.41, 5.74) is 0.522. The highest BCUT2D eigenvalue weighted by Gasteiger charge is 2.11. The molecule has 0 amide bonds. The molecule has 11 heteroatoms. The molecule has 0 saturated heterocycles. The number of nitrogens with one attached hydrogen (secondary N) is 2. The SMILES string of the molecule is O=[N+]([O-])c1cccc(Nc2nc(Nc3cccc([SH](=O)=O)c3)ncc2F)c1. The van der Waals surface area contributed by atoms with Crippen LogP contribution in [0.5, 0.6) is 0 Å². The van der Waals surface area contributed by atoms with Crippen LogP contribution < -0.4 is 10.6 Å². The van der Waals surface area contributed by atoms with Crippen molar-refractivity contribution >= 4 is 39.5 Å². The van der Waals surface area contributed by atoms with Gasteiger partial charge in [-0.1, -0.05) is 12.1 Å². The number of benzene rings is 2. The summed E-state index contributed by atoms with van der Waals surface area (Å²) in [5, 5.41) is 16.3. The van der Waals surface area contributed by atoms with Crippen LogP contribution in [0.3, 0.4) is 0 Å². The molecule has 0 fully saturated rings. The third kappa shape index (κ3) is 4.52. The fraction of sp³-hybridized carbons (Fsp3) is 0. The number of halogens is 1. The lowest BCUT2D eigenvalue weighted by atomic mass is 10.3. The normalized spacial score (nSPS) is 10.6. The number of nitrogens with zero attached hydrogens (tertiary/aromatic N) is 3. The lowest BCUT2D eigenvalue weighted by Crippen LogP contribution is -2.03. The molecule has 0 bridgehead atoms. The Balaban J connectivity index is 1.85. The van der Waals surface area contributed by atoms with Crippen molar-refractivity contribution in [2.75, 3.05) is 10.6 Å². The van der Waals surface area contributed by atoms with Crippen LogP contribution in [0.1, 0.15) is 0 Å². The second kappa shape index (κ2) is 7.74. The van der Waals surface area contributed by atoms with Gasteiger partial charge in [0.1, 0.15) is 0 Å². The van der Waals surface area contributed by atoms with Crippen LogP contribution in [0.15, 0.2) is 59.6 Å². The topological polar surface area (TPSA) is 127 Å². The maximum absolute atomic E-state index is 14.0. The van der Waals surface area contributed by atoms with Crippen molar-refractivity contribution in [3.8, 4) is 0 Å². The van der Waals surface area contributed by atoms with Gasteiger partial charge >= 0.3 is 0 Å². The molecule has 0 saturated carbocycles. The van der Waals surface area contributed by atoms with Crippen molar-refractivity contribution in [1.29, 1.82) is 0 Å². The number of aromatic nitrogens is 2. The van der Waals surface area contributed by atoms with E-state index < -0.39 is 21.4 Å². The molecular formula is C16H12FN5O4S.